The monoisotopic (exact) mass is 399 g/mol. The highest BCUT2D eigenvalue weighted by molar-refractivity contribution is 9.11. The van der Waals surface area contributed by atoms with Gasteiger partial charge in [-0.05, 0) is 56.9 Å². The van der Waals surface area contributed by atoms with Gasteiger partial charge in [0.15, 0.2) is 0 Å². The zero-order valence-corrected chi connectivity index (χ0v) is 14.9. The SMILES string of the molecule is CN(Cc1ncc(Br)cc1Br)CC(C)(C)CN.Cl. The minimum absolute atomic E-state index is 0. The average molecular weight is 402 g/mol. The van der Waals surface area contributed by atoms with Crippen LogP contribution in [0, 0.1) is 5.41 Å². The number of hydrogen-bond acceptors (Lipinski definition) is 3. The fourth-order valence-corrected chi connectivity index (χ4v) is 2.78. The van der Waals surface area contributed by atoms with Crippen LogP contribution in [-0.4, -0.2) is 30.0 Å². The van der Waals surface area contributed by atoms with Crippen molar-refractivity contribution >= 4 is 44.3 Å². The van der Waals surface area contributed by atoms with E-state index in [1.807, 2.05) is 12.3 Å². The summed E-state index contributed by atoms with van der Waals surface area (Å²) in [6, 6.07) is 2.02. The molecule has 0 spiro atoms. The third-order valence-corrected chi connectivity index (χ3v) is 3.67. The smallest absolute Gasteiger partial charge is 0.0686 e. The van der Waals surface area contributed by atoms with Gasteiger partial charge in [0.25, 0.3) is 0 Å². The van der Waals surface area contributed by atoms with E-state index in [-0.39, 0.29) is 17.8 Å². The van der Waals surface area contributed by atoms with Crippen LogP contribution in [0.5, 0.6) is 0 Å². The maximum absolute atomic E-state index is 5.74. The summed E-state index contributed by atoms with van der Waals surface area (Å²) >= 11 is 6.93. The van der Waals surface area contributed by atoms with E-state index in [1.165, 1.54) is 0 Å². The largest absolute Gasteiger partial charge is 0.330 e. The van der Waals surface area contributed by atoms with E-state index < -0.39 is 0 Å². The molecule has 18 heavy (non-hydrogen) atoms. The van der Waals surface area contributed by atoms with Crippen LogP contribution in [0.1, 0.15) is 19.5 Å². The maximum Gasteiger partial charge on any atom is 0.0686 e. The molecular formula is C12H20Br2ClN3. The first-order chi connectivity index (χ1) is 7.84. The number of rotatable bonds is 5. The van der Waals surface area contributed by atoms with Crippen molar-refractivity contribution in [2.24, 2.45) is 11.1 Å². The van der Waals surface area contributed by atoms with Crippen molar-refractivity contribution in [1.29, 1.82) is 0 Å². The van der Waals surface area contributed by atoms with Gasteiger partial charge in [-0.25, -0.2) is 0 Å². The Morgan fingerprint density at radius 3 is 2.50 bits per heavy atom. The summed E-state index contributed by atoms with van der Waals surface area (Å²) in [5, 5.41) is 0. The predicted molar refractivity (Wildman–Crippen MR) is 86.1 cm³/mol. The number of halogens is 3. The van der Waals surface area contributed by atoms with Crippen molar-refractivity contribution in [2.45, 2.75) is 20.4 Å². The third kappa shape index (κ3) is 5.97. The molecule has 0 fully saturated rings. The second-order valence-corrected chi connectivity index (χ2v) is 6.89. The lowest BCUT2D eigenvalue weighted by atomic mass is 9.93. The molecule has 0 saturated heterocycles. The first-order valence-corrected chi connectivity index (χ1v) is 7.11. The van der Waals surface area contributed by atoms with Gasteiger partial charge in [0.1, 0.15) is 0 Å². The summed E-state index contributed by atoms with van der Waals surface area (Å²) < 4.78 is 2.02. The summed E-state index contributed by atoms with van der Waals surface area (Å²) in [5.41, 5.74) is 6.92. The summed E-state index contributed by atoms with van der Waals surface area (Å²) in [6.45, 7) is 6.80. The summed E-state index contributed by atoms with van der Waals surface area (Å²) in [6.07, 6.45) is 1.82. The first kappa shape index (κ1) is 18.3. The molecule has 104 valence electrons. The van der Waals surface area contributed by atoms with Crippen LogP contribution in [0.4, 0.5) is 0 Å². The molecule has 3 nitrogen and oxygen atoms in total. The normalized spacial score (nSPS) is 11.5. The van der Waals surface area contributed by atoms with Gasteiger partial charge in [-0.2, -0.15) is 0 Å². The van der Waals surface area contributed by atoms with Gasteiger partial charge in [0.05, 0.1) is 5.69 Å². The molecule has 0 bridgehead atoms. The van der Waals surface area contributed by atoms with Crippen LogP contribution >= 0.6 is 44.3 Å². The number of hydrogen-bond donors (Lipinski definition) is 1. The molecule has 6 heteroatoms. The third-order valence-electron chi connectivity index (χ3n) is 2.55. The Kier molecular flexibility index (Phi) is 7.94. The van der Waals surface area contributed by atoms with Gasteiger partial charge < -0.3 is 5.73 Å². The number of nitrogens with two attached hydrogens (primary N) is 1. The van der Waals surface area contributed by atoms with E-state index in [4.69, 9.17) is 5.73 Å². The van der Waals surface area contributed by atoms with Crippen molar-refractivity contribution < 1.29 is 0 Å². The fraction of sp³-hybridized carbons (Fsp3) is 0.583. The molecule has 0 amide bonds. The Balaban J connectivity index is 0.00000289. The highest BCUT2D eigenvalue weighted by Crippen LogP contribution is 2.22. The molecule has 0 aliphatic rings. The molecule has 1 heterocycles. The lowest BCUT2D eigenvalue weighted by Crippen LogP contribution is -2.36. The second kappa shape index (κ2) is 7.80. The van der Waals surface area contributed by atoms with Crippen LogP contribution in [0.15, 0.2) is 21.2 Å². The molecule has 0 aliphatic carbocycles. The first-order valence-electron chi connectivity index (χ1n) is 5.52. The van der Waals surface area contributed by atoms with Gasteiger partial charge in [0, 0.05) is 28.2 Å². The lowest BCUT2D eigenvalue weighted by molar-refractivity contribution is 0.208. The molecule has 0 aromatic carbocycles. The highest BCUT2D eigenvalue weighted by atomic mass is 79.9. The molecule has 1 rings (SSSR count). The van der Waals surface area contributed by atoms with Gasteiger partial charge in [-0.1, -0.05) is 13.8 Å². The number of pyridine rings is 1. The van der Waals surface area contributed by atoms with Gasteiger partial charge in [-0.3, -0.25) is 9.88 Å². The molecule has 0 atom stereocenters. The van der Waals surface area contributed by atoms with Crippen molar-refractivity contribution in [3.05, 3.63) is 26.9 Å². The van der Waals surface area contributed by atoms with Crippen LogP contribution in [-0.2, 0) is 6.54 Å². The van der Waals surface area contributed by atoms with Gasteiger partial charge in [0.2, 0.25) is 0 Å². The maximum atomic E-state index is 5.74. The minimum Gasteiger partial charge on any atom is -0.330 e. The highest BCUT2D eigenvalue weighted by Gasteiger charge is 2.18. The summed E-state index contributed by atoms with van der Waals surface area (Å²) in [7, 11) is 2.09. The zero-order valence-electron chi connectivity index (χ0n) is 10.9. The van der Waals surface area contributed by atoms with Crippen molar-refractivity contribution in [2.75, 3.05) is 20.1 Å². The van der Waals surface area contributed by atoms with E-state index in [1.54, 1.807) is 0 Å². The molecule has 0 saturated carbocycles. The van der Waals surface area contributed by atoms with Crippen LogP contribution in [0.25, 0.3) is 0 Å². The van der Waals surface area contributed by atoms with Crippen molar-refractivity contribution in [1.82, 2.24) is 9.88 Å². The molecule has 1 aromatic heterocycles. The van der Waals surface area contributed by atoms with Crippen LogP contribution < -0.4 is 5.73 Å². The van der Waals surface area contributed by atoms with Gasteiger partial charge in [-0.15, -0.1) is 12.4 Å². The van der Waals surface area contributed by atoms with E-state index in [9.17, 15) is 0 Å². The summed E-state index contributed by atoms with van der Waals surface area (Å²) in [4.78, 5) is 6.65. The van der Waals surface area contributed by atoms with E-state index in [2.05, 4.69) is 62.6 Å². The van der Waals surface area contributed by atoms with E-state index in [0.717, 1.165) is 27.7 Å². The van der Waals surface area contributed by atoms with E-state index in [0.29, 0.717) is 6.54 Å². The molecular weight excluding hydrogens is 381 g/mol. The Labute approximate surface area is 132 Å². The van der Waals surface area contributed by atoms with Crippen molar-refractivity contribution in [3.63, 3.8) is 0 Å². The second-order valence-electron chi connectivity index (χ2n) is 5.12. The van der Waals surface area contributed by atoms with Crippen LogP contribution in [0.2, 0.25) is 0 Å². The predicted octanol–water partition coefficient (Wildman–Crippen LogP) is 3.45. The molecule has 1 aromatic rings. The quantitative estimate of drug-likeness (QED) is 0.822. The molecule has 2 N–H and O–H groups in total. The van der Waals surface area contributed by atoms with Crippen molar-refractivity contribution in [3.8, 4) is 0 Å². The minimum atomic E-state index is 0. The Bertz CT molecular complexity index is 386. The fourth-order valence-electron chi connectivity index (χ4n) is 1.67. The Morgan fingerprint density at radius 1 is 1.39 bits per heavy atom. The van der Waals surface area contributed by atoms with Crippen LogP contribution in [0.3, 0.4) is 0 Å². The molecule has 0 radical (unpaired) electrons. The number of aromatic nitrogens is 1. The Morgan fingerprint density at radius 2 is 2.00 bits per heavy atom. The standard InChI is InChI=1S/C12H19Br2N3.ClH/c1-12(2,7-15)8-17(3)6-11-10(14)4-9(13)5-16-11;/h4-5H,6-8,15H2,1-3H3;1H. The molecule has 0 aliphatic heterocycles. The Hall–Kier alpha value is 0.320. The van der Waals surface area contributed by atoms with E-state index >= 15 is 0 Å². The lowest BCUT2D eigenvalue weighted by Gasteiger charge is -2.28. The summed E-state index contributed by atoms with van der Waals surface area (Å²) in [5.74, 6) is 0. The average Bonchev–Trinajstić information content (AvgIpc) is 2.21. The zero-order chi connectivity index (χ0) is 13.1. The number of nitrogens with zero attached hydrogens (tertiary/aromatic N) is 2. The van der Waals surface area contributed by atoms with Gasteiger partial charge >= 0.3 is 0 Å². The molecule has 0 unspecified atom stereocenters. The topological polar surface area (TPSA) is 42.2 Å².